The van der Waals surface area contributed by atoms with Crippen molar-refractivity contribution in [3.63, 3.8) is 0 Å². The fourth-order valence-corrected chi connectivity index (χ4v) is 2.42. The number of ether oxygens (including phenoxy) is 2. The van der Waals surface area contributed by atoms with Crippen LogP contribution < -0.4 is 20.3 Å². The average Bonchev–Trinajstić information content (AvgIpc) is 2.51. The summed E-state index contributed by atoms with van der Waals surface area (Å²) >= 11 is 3.28. The second-order valence-electron chi connectivity index (χ2n) is 4.31. The molecule has 1 heterocycles. The van der Waals surface area contributed by atoms with Crippen molar-refractivity contribution in [1.29, 1.82) is 0 Å². The summed E-state index contributed by atoms with van der Waals surface area (Å²) in [4.78, 5) is 11.8. The standard InChI is InChI=1S/C14H16BrN3O3/c1-18-14(19)12(15)10(8-17-18)16-7-9-5-4-6-11(20-2)13(9)21-3/h4-6,8,16H,7H2,1-3H3. The molecule has 1 N–H and O–H groups in total. The number of benzene rings is 1. The molecule has 1 aromatic carbocycles. The van der Waals surface area contributed by atoms with Crippen LogP contribution >= 0.6 is 15.9 Å². The fraction of sp³-hybridized carbons (Fsp3) is 0.286. The van der Waals surface area contributed by atoms with E-state index < -0.39 is 0 Å². The highest BCUT2D eigenvalue weighted by Crippen LogP contribution is 2.31. The lowest BCUT2D eigenvalue weighted by atomic mass is 10.2. The summed E-state index contributed by atoms with van der Waals surface area (Å²) in [6.45, 7) is 0.480. The van der Waals surface area contributed by atoms with Crippen molar-refractivity contribution in [2.45, 2.75) is 6.54 Å². The lowest BCUT2D eigenvalue weighted by molar-refractivity contribution is 0.352. The predicted octanol–water partition coefficient (Wildman–Crippen LogP) is 2.17. The number of aromatic nitrogens is 2. The molecule has 0 saturated carbocycles. The first-order valence-corrected chi connectivity index (χ1v) is 7.03. The Bertz CT molecular complexity index is 700. The van der Waals surface area contributed by atoms with Gasteiger partial charge in [-0.25, -0.2) is 4.68 Å². The first kappa shape index (κ1) is 15.4. The van der Waals surface area contributed by atoms with Gasteiger partial charge in [-0.3, -0.25) is 4.79 Å². The molecule has 6 nitrogen and oxygen atoms in total. The quantitative estimate of drug-likeness (QED) is 0.892. The Balaban J connectivity index is 2.25. The van der Waals surface area contributed by atoms with Gasteiger partial charge >= 0.3 is 0 Å². The maximum atomic E-state index is 11.8. The molecule has 0 aliphatic rings. The lowest BCUT2D eigenvalue weighted by Gasteiger charge is -2.14. The minimum atomic E-state index is -0.197. The molecule has 0 bridgehead atoms. The van der Waals surface area contributed by atoms with Crippen LogP contribution in [0.5, 0.6) is 11.5 Å². The SMILES string of the molecule is COc1cccc(CNc2cnn(C)c(=O)c2Br)c1OC. The summed E-state index contributed by atoms with van der Waals surface area (Å²) in [5, 5.41) is 7.15. The molecule has 0 radical (unpaired) electrons. The molecule has 0 spiro atoms. The number of nitrogens with zero attached hydrogens (tertiary/aromatic N) is 2. The number of nitrogens with one attached hydrogen (secondary N) is 1. The minimum absolute atomic E-state index is 0.197. The van der Waals surface area contributed by atoms with Gasteiger partial charge in [0.2, 0.25) is 0 Å². The molecule has 2 aromatic rings. The zero-order valence-electron chi connectivity index (χ0n) is 12.0. The molecular formula is C14H16BrN3O3. The third-order valence-electron chi connectivity index (χ3n) is 3.03. The van der Waals surface area contributed by atoms with Crippen LogP contribution in [-0.4, -0.2) is 24.0 Å². The number of methoxy groups -OCH3 is 2. The van der Waals surface area contributed by atoms with Gasteiger partial charge in [0.1, 0.15) is 4.47 Å². The minimum Gasteiger partial charge on any atom is -0.493 e. The third kappa shape index (κ3) is 3.18. The van der Waals surface area contributed by atoms with Gasteiger partial charge in [0.15, 0.2) is 11.5 Å². The number of hydrogen-bond acceptors (Lipinski definition) is 5. The molecule has 0 amide bonds. The summed E-state index contributed by atoms with van der Waals surface area (Å²) in [6.07, 6.45) is 1.60. The third-order valence-corrected chi connectivity index (χ3v) is 3.80. The zero-order valence-corrected chi connectivity index (χ0v) is 13.6. The highest BCUT2D eigenvalue weighted by atomic mass is 79.9. The Labute approximate surface area is 130 Å². The van der Waals surface area contributed by atoms with Crippen molar-refractivity contribution in [3.8, 4) is 11.5 Å². The monoisotopic (exact) mass is 353 g/mol. The Kier molecular flexibility index (Phi) is 4.85. The normalized spacial score (nSPS) is 10.3. The van der Waals surface area contributed by atoms with Gasteiger partial charge in [-0.1, -0.05) is 12.1 Å². The molecular weight excluding hydrogens is 338 g/mol. The van der Waals surface area contributed by atoms with Crippen molar-refractivity contribution >= 4 is 21.6 Å². The van der Waals surface area contributed by atoms with E-state index in [1.807, 2.05) is 18.2 Å². The number of aryl methyl sites for hydroxylation is 1. The highest BCUT2D eigenvalue weighted by Gasteiger charge is 2.11. The van der Waals surface area contributed by atoms with Crippen LogP contribution in [0.2, 0.25) is 0 Å². The molecule has 0 fully saturated rings. The van der Waals surface area contributed by atoms with Gasteiger partial charge in [0.25, 0.3) is 5.56 Å². The second-order valence-corrected chi connectivity index (χ2v) is 5.10. The van der Waals surface area contributed by atoms with Crippen LogP contribution in [0.4, 0.5) is 5.69 Å². The summed E-state index contributed by atoms with van der Waals surface area (Å²) in [6, 6.07) is 5.64. The lowest BCUT2D eigenvalue weighted by Crippen LogP contribution is -2.21. The zero-order chi connectivity index (χ0) is 15.4. The Morgan fingerprint density at radius 1 is 1.33 bits per heavy atom. The van der Waals surface area contributed by atoms with Crippen LogP contribution in [0, 0.1) is 0 Å². The van der Waals surface area contributed by atoms with E-state index in [1.165, 1.54) is 4.68 Å². The maximum Gasteiger partial charge on any atom is 0.282 e. The largest absolute Gasteiger partial charge is 0.493 e. The number of anilines is 1. The number of halogens is 1. The Morgan fingerprint density at radius 3 is 2.76 bits per heavy atom. The van der Waals surface area contributed by atoms with E-state index in [-0.39, 0.29) is 5.56 Å². The van der Waals surface area contributed by atoms with Gasteiger partial charge in [-0.05, 0) is 22.0 Å². The maximum absolute atomic E-state index is 11.8. The van der Waals surface area contributed by atoms with Gasteiger partial charge in [0, 0.05) is 19.2 Å². The smallest absolute Gasteiger partial charge is 0.282 e. The second kappa shape index (κ2) is 6.62. The van der Waals surface area contributed by atoms with Crippen LogP contribution in [0.25, 0.3) is 0 Å². The topological polar surface area (TPSA) is 65.4 Å². The summed E-state index contributed by atoms with van der Waals surface area (Å²) in [5.41, 5.74) is 1.35. The molecule has 112 valence electrons. The van der Waals surface area contributed by atoms with Crippen LogP contribution in [0.3, 0.4) is 0 Å². The molecule has 0 unspecified atom stereocenters. The summed E-state index contributed by atoms with van der Waals surface area (Å²) in [5.74, 6) is 1.33. The van der Waals surface area contributed by atoms with Crippen molar-refractivity contribution < 1.29 is 9.47 Å². The van der Waals surface area contributed by atoms with Crippen molar-refractivity contribution in [2.75, 3.05) is 19.5 Å². The van der Waals surface area contributed by atoms with Crippen molar-refractivity contribution in [2.24, 2.45) is 7.05 Å². The van der Waals surface area contributed by atoms with E-state index in [0.717, 1.165) is 5.56 Å². The van der Waals surface area contributed by atoms with E-state index in [0.29, 0.717) is 28.2 Å². The number of rotatable bonds is 5. The van der Waals surface area contributed by atoms with Crippen molar-refractivity contribution in [1.82, 2.24) is 9.78 Å². The molecule has 2 rings (SSSR count). The van der Waals surface area contributed by atoms with Gasteiger partial charge in [-0.2, -0.15) is 5.10 Å². The molecule has 0 atom stereocenters. The van der Waals surface area contributed by atoms with Gasteiger partial charge in [-0.15, -0.1) is 0 Å². The molecule has 0 saturated heterocycles. The number of hydrogen-bond donors (Lipinski definition) is 1. The summed E-state index contributed by atoms with van der Waals surface area (Å²) in [7, 11) is 4.79. The van der Waals surface area contributed by atoms with E-state index in [4.69, 9.17) is 9.47 Å². The first-order valence-electron chi connectivity index (χ1n) is 6.24. The average molecular weight is 354 g/mol. The first-order chi connectivity index (χ1) is 10.1. The molecule has 0 aliphatic heterocycles. The van der Waals surface area contributed by atoms with Gasteiger partial charge < -0.3 is 14.8 Å². The van der Waals surface area contributed by atoms with E-state index >= 15 is 0 Å². The van der Waals surface area contributed by atoms with E-state index in [2.05, 4.69) is 26.3 Å². The molecule has 0 aliphatic carbocycles. The van der Waals surface area contributed by atoms with E-state index in [9.17, 15) is 4.79 Å². The highest BCUT2D eigenvalue weighted by molar-refractivity contribution is 9.10. The molecule has 1 aromatic heterocycles. The Hall–Kier alpha value is -2.02. The predicted molar refractivity (Wildman–Crippen MR) is 84.1 cm³/mol. The summed E-state index contributed by atoms with van der Waals surface area (Å²) < 4.78 is 12.3. The van der Waals surface area contributed by atoms with Gasteiger partial charge in [0.05, 0.1) is 26.1 Å². The van der Waals surface area contributed by atoms with Crippen LogP contribution in [-0.2, 0) is 13.6 Å². The Morgan fingerprint density at radius 2 is 2.10 bits per heavy atom. The fourth-order valence-electron chi connectivity index (χ4n) is 1.92. The van der Waals surface area contributed by atoms with Crippen LogP contribution in [0.15, 0.2) is 33.7 Å². The van der Waals surface area contributed by atoms with Crippen molar-refractivity contribution in [3.05, 3.63) is 44.8 Å². The van der Waals surface area contributed by atoms with Crippen LogP contribution in [0.1, 0.15) is 5.56 Å². The molecule has 7 heteroatoms. The molecule has 21 heavy (non-hydrogen) atoms. The van der Waals surface area contributed by atoms with E-state index in [1.54, 1.807) is 27.5 Å². The number of para-hydroxylation sites is 1.